The van der Waals surface area contributed by atoms with Crippen LogP contribution in [0.25, 0.3) is 0 Å². The molecule has 14 heavy (non-hydrogen) atoms. The van der Waals surface area contributed by atoms with Crippen molar-refractivity contribution in [1.29, 1.82) is 0 Å². The summed E-state index contributed by atoms with van der Waals surface area (Å²) in [5.74, 6) is 0. The van der Waals surface area contributed by atoms with E-state index in [4.69, 9.17) is 5.11 Å². The molecule has 2 nitrogen and oxygen atoms in total. The normalized spacial score (nSPS) is 14.8. The van der Waals surface area contributed by atoms with Gasteiger partial charge in [-0.25, -0.2) is 0 Å². The third kappa shape index (κ3) is 5.44. The maximum absolute atomic E-state index is 12.0. The van der Waals surface area contributed by atoms with Gasteiger partial charge >= 0.3 is 6.18 Å². The largest absolute Gasteiger partial charge is 0.415 e. The lowest BCUT2D eigenvalue weighted by Gasteiger charge is -2.24. The van der Waals surface area contributed by atoms with Crippen molar-refractivity contribution >= 4 is 0 Å². The Morgan fingerprint density at radius 3 is 2.21 bits per heavy atom. The number of likely N-dealkylation sites (N-methyl/N-ethyl adjacent to an activating group) is 1. The Morgan fingerprint density at radius 2 is 1.86 bits per heavy atom. The van der Waals surface area contributed by atoms with E-state index in [0.717, 1.165) is 12.8 Å². The summed E-state index contributed by atoms with van der Waals surface area (Å²) >= 11 is 0. The predicted molar refractivity (Wildman–Crippen MR) is 49.1 cm³/mol. The van der Waals surface area contributed by atoms with Crippen molar-refractivity contribution in [2.75, 3.05) is 19.6 Å². The van der Waals surface area contributed by atoms with Crippen LogP contribution in [0.2, 0.25) is 0 Å². The maximum atomic E-state index is 12.0. The molecule has 0 amide bonds. The summed E-state index contributed by atoms with van der Waals surface area (Å²) in [6, 6.07) is 0. The van der Waals surface area contributed by atoms with E-state index in [0.29, 0.717) is 13.1 Å². The second-order valence-corrected chi connectivity index (χ2v) is 3.30. The smallest absolute Gasteiger partial charge is 0.382 e. The van der Waals surface area contributed by atoms with Gasteiger partial charge in [0.2, 0.25) is 0 Å². The first kappa shape index (κ1) is 13.7. The summed E-state index contributed by atoms with van der Waals surface area (Å²) in [5.41, 5.74) is 0. The van der Waals surface area contributed by atoms with Gasteiger partial charge in [-0.15, -0.1) is 0 Å². The van der Waals surface area contributed by atoms with Crippen molar-refractivity contribution in [3.8, 4) is 0 Å². The Hall–Kier alpha value is -0.290. The van der Waals surface area contributed by atoms with Crippen molar-refractivity contribution < 1.29 is 18.3 Å². The number of hydrogen-bond donors (Lipinski definition) is 1. The van der Waals surface area contributed by atoms with Gasteiger partial charge in [-0.1, -0.05) is 20.3 Å². The molecule has 0 spiro atoms. The average Bonchev–Trinajstić information content (AvgIpc) is 2.10. The van der Waals surface area contributed by atoms with E-state index in [-0.39, 0.29) is 6.54 Å². The van der Waals surface area contributed by atoms with Crippen LogP contribution in [-0.4, -0.2) is 41.9 Å². The van der Waals surface area contributed by atoms with E-state index in [1.165, 1.54) is 0 Å². The van der Waals surface area contributed by atoms with E-state index in [1.807, 2.05) is 6.92 Å². The fourth-order valence-electron chi connectivity index (χ4n) is 1.11. The first-order chi connectivity index (χ1) is 6.41. The second-order valence-electron chi connectivity index (χ2n) is 3.30. The first-order valence-electron chi connectivity index (χ1n) is 4.88. The average molecular weight is 213 g/mol. The molecular formula is C9H18F3NO. The minimum atomic E-state index is -4.50. The maximum Gasteiger partial charge on any atom is 0.415 e. The summed E-state index contributed by atoms with van der Waals surface area (Å²) in [5, 5.41) is 8.82. The number of nitrogens with zero attached hydrogens (tertiary/aromatic N) is 1. The number of hydrogen-bond acceptors (Lipinski definition) is 2. The van der Waals surface area contributed by atoms with Gasteiger partial charge in [0, 0.05) is 6.54 Å². The Balaban J connectivity index is 3.92. The molecule has 0 aliphatic rings. The third-order valence-corrected chi connectivity index (χ3v) is 2.08. The van der Waals surface area contributed by atoms with Crippen molar-refractivity contribution in [3.05, 3.63) is 0 Å². The molecule has 0 rings (SSSR count). The quantitative estimate of drug-likeness (QED) is 0.729. The molecule has 0 saturated heterocycles. The van der Waals surface area contributed by atoms with Gasteiger partial charge in [0.15, 0.2) is 6.10 Å². The Morgan fingerprint density at radius 1 is 1.29 bits per heavy atom. The van der Waals surface area contributed by atoms with Crippen LogP contribution in [-0.2, 0) is 0 Å². The molecule has 0 aliphatic heterocycles. The van der Waals surface area contributed by atoms with Crippen molar-refractivity contribution in [1.82, 2.24) is 4.90 Å². The zero-order valence-electron chi connectivity index (χ0n) is 8.64. The SMILES string of the molecule is CCCCN(CC)CC(O)C(F)(F)F. The fourth-order valence-corrected chi connectivity index (χ4v) is 1.11. The molecule has 86 valence electrons. The minimum absolute atomic E-state index is 0.319. The highest BCUT2D eigenvalue weighted by Crippen LogP contribution is 2.20. The van der Waals surface area contributed by atoms with Crippen LogP contribution in [0, 0.1) is 0 Å². The molecule has 0 aromatic heterocycles. The standard InChI is InChI=1S/C9H18F3NO/c1-3-5-6-13(4-2)7-8(14)9(10,11)12/h8,14H,3-7H2,1-2H3. The number of aliphatic hydroxyl groups excluding tert-OH is 1. The van der Waals surface area contributed by atoms with E-state index in [1.54, 1.807) is 11.8 Å². The summed E-state index contributed by atoms with van der Waals surface area (Å²) in [6.45, 7) is 4.60. The molecule has 0 bridgehead atoms. The molecule has 1 atom stereocenters. The third-order valence-electron chi connectivity index (χ3n) is 2.08. The van der Waals surface area contributed by atoms with Crippen LogP contribution in [0.1, 0.15) is 26.7 Å². The van der Waals surface area contributed by atoms with E-state index < -0.39 is 12.3 Å². The fraction of sp³-hybridized carbons (Fsp3) is 1.00. The van der Waals surface area contributed by atoms with Gasteiger partial charge in [-0.2, -0.15) is 13.2 Å². The number of halogens is 3. The highest BCUT2D eigenvalue weighted by atomic mass is 19.4. The highest BCUT2D eigenvalue weighted by Gasteiger charge is 2.38. The van der Waals surface area contributed by atoms with E-state index >= 15 is 0 Å². The second kappa shape index (κ2) is 6.24. The van der Waals surface area contributed by atoms with Crippen LogP contribution < -0.4 is 0 Å². The molecular weight excluding hydrogens is 195 g/mol. The lowest BCUT2D eigenvalue weighted by molar-refractivity contribution is -0.208. The Kier molecular flexibility index (Phi) is 6.11. The van der Waals surface area contributed by atoms with Crippen LogP contribution >= 0.6 is 0 Å². The first-order valence-corrected chi connectivity index (χ1v) is 4.88. The summed E-state index contributed by atoms with van der Waals surface area (Å²) in [7, 11) is 0. The zero-order chi connectivity index (χ0) is 11.2. The van der Waals surface area contributed by atoms with Crippen molar-refractivity contribution in [2.24, 2.45) is 0 Å². The van der Waals surface area contributed by atoms with Crippen LogP contribution in [0.15, 0.2) is 0 Å². The van der Waals surface area contributed by atoms with Gasteiger partial charge < -0.3 is 10.0 Å². The van der Waals surface area contributed by atoms with Gasteiger partial charge in [-0.05, 0) is 19.5 Å². The van der Waals surface area contributed by atoms with Gasteiger partial charge in [0.25, 0.3) is 0 Å². The van der Waals surface area contributed by atoms with Gasteiger partial charge in [-0.3, -0.25) is 0 Å². The summed E-state index contributed by atoms with van der Waals surface area (Å²) in [6.07, 6.45) is -4.92. The molecule has 5 heteroatoms. The molecule has 0 heterocycles. The highest BCUT2D eigenvalue weighted by molar-refractivity contribution is 4.70. The summed E-state index contributed by atoms with van der Waals surface area (Å²) < 4.78 is 36.0. The van der Waals surface area contributed by atoms with E-state index in [2.05, 4.69) is 0 Å². The topological polar surface area (TPSA) is 23.5 Å². The minimum Gasteiger partial charge on any atom is -0.382 e. The van der Waals surface area contributed by atoms with E-state index in [9.17, 15) is 13.2 Å². The molecule has 0 aromatic rings. The van der Waals surface area contributed by atoms with Crippen molar-refractivity contribution in [3.63, 3.8) is 0 Å². The number of unbranched alkanes of at least 4 members (excludes halogenated alkanes) is 1. The molecule has 0 aliphatic carbocycles. The molecule has 1 N–H and O–H groups in total. The number of alkyl halides is 3. The Bertz CT molecular complexity index is 149. The monoisotopic (exact) mass is 213 g/mol. The zero-order valence-corrected chi connectivity index (χ0v) is 8.64. The molecule has 0 radical (unpaired) electrons. The van der Waals surface area contributed by atoms with Crippen LogP contribution in [0.3, 0.4) is 0 Å². The Labute approximate surface area is 82.7 Å². The van der Waals surface area contributed by atoms with Crippen LogP contribution in [0.5, 0.6) is 0 Å². The molecule has 0 fully saturated rings. The number of rotatable bonds is 6. The number of aliphatic hydroxyl groups is 1. The predicted octanol–water partition coefficient (Wildman–Crippen LogP) is 2.03. The molecule has 0 aromatic carbocycles. The lowest BCUT2D eigenvalue weighted by Crippen LogP contribution is -2.41. The molecule has 1 unspecified atom stereocenters. The van der Waals surface area contributed by atoms with Gasteiger partial charge in [0.1, 0.15) is 0 Å². The van der Waals surface area contributed by atoms with Crippen molar-refractivity contribution in [2.45, 2.75) is 39.0 Å². The lowest BCUT2D eigenvalue weighted by atomic mass is 10.2. The summed E-state index contributed by atoms with van der Waals surface area (Å²) in [4.78, 5) is 1.61. The molecule has 0 saturated carbocycles. The van der Waals surface area contributed by atoms with Gasteiger partial charge in [0.05, 0.1) is 0 Å². The van der Waals surface area contributed by atoms with Crippen LogP contribution in [0.4, 0.5) is 13.2 Å².